The van der Waals surface area contributed by atoms with Crippen molar-refractivity contribution < 1.29 is 37.7 Å². The zero-order valence-electron chi connectivity index (χ0n) is 20.4. The summed E-state index contributed by atoms with van der Waals surface area (Å²) in [4.78, 5) is 25.2. The first kappa shape index (κ1) is 26.1. The smallest absolute Gasteiger partial charge is 0.419 e. The van der Waals surface area contributed by atoms with E-state index < -0.39 is 53.5 Å². The van der Waals surface area contributed by atoms with Gasteiger partial charge in [-0.3, -0.25) is 18.5 Å². The third-order valence-corrected chi connectivity index (χ3v) is 7.77. The average molecular weight is 521 g/mol. The highest BCUT2D eigenvalue weighted by molar-refractivity contribution is 8.22. The molecule has 11 heteroatoms. The van der Waals surface area contributed by atoms with Gasteiger partial charge in [-0.25, -0.2) is 9.18 Å². The van der Waals surface area contributed by atoms with Crippen molar-refractivity contribution >= 4 is 33.7 Å². The third kappa shape index (κ3) is 4.72. The van der Waals surface area contributed by atoms with Gasteiger partial charge in [-0.15, -0.1) is 10.8 Å². The van der Waals surface area contributed by atoms with Crippen molar-refractivity contribution in [3.05, 3.63) is 54.0 Å². The minimum atomic E-state index is -3.55. The molecule has 0 aliphatic carbocycles. The Hall–Kier alpha value is -2.96. The molecule has 1 aliphatic heterocycles. The summed E-state index contributed by atoms with van der Waals surface area (Å²) in [5.41, 5.74) is 1.15. The zero-order valence-corrected chi connectivity index (χ0v) is 21.2. The van der Waals surface area contributed by atoms with Crippen LogP contribution in [-0.2, 0) is 14.3 Å². The summed E-state index contributed by atoms with van der Waals surface area (Å²) in [6.07, 6.45) is 0.866. The molecule has 1 atom stereocenters. The molecule has 0 amide bonds. The number of rotatable bonds is 5. The van der Waals surface area contributed by atoms with Crippen LogP contribution in [0.2, 0.25) is 0 Å². The number of benzene rings is 2. The van der Waals surface area contributed by atoms with Gasteiger partial charge in [0.2, 0.25) is 0 Å². The molecule has 1 aliphatic rings. The van der Waals surface area contributed by atoms with E-state index in [0.29, 0.717) is 27.6 Å². The van der Waals surface area contributed by atoms with Crippen molar-refractivity contribution in [2.24, 2.45) is 0 Å². The minimum Gasteiger partial charge on any atom is -0.465 e. The summed E-state index contributed by atoms with van der Waals surface area (Å²) in [6.45, 7) is 6.08. The maximum absolute atomic E-state index is 14.1. The van der Waals surface area contributed by atoms with E-state index in [2.05, 4.69) is 0 Å². The number of aromatic nitrogens is 1. The Balaban J connectivity index is 1.81. The standard InChI is InChI=1S/C25H29FN2O7S/c1-5-34-23(30)13-28-21(14-29)18-10-15(6-9-22(18)36(28,32)33)19-12-27(24(31)35-25(2,3)4)20-11-16(26)7-8-17(19)20/h6-12,21,29,32-33H,5,13-14H2,1-4H3. The lowest BCUT2D eigenvalue weighted by Gasteiger charge is -2.38. The lowest BCUT2D eigenvalue weighted by atomic mass is 9.99. The van der Waals surface area contributed by atoms with Gasteiger partial charge in [0, 0.05) is 17.1 Å². The van der Waals surface area contributed by atoms with Gasteiger partial charge in [-0.05, 0) is 69.2 Å². The number of esters is 1. The molecule has 194 valence electrons. The maximum atomic E-state index is 14.1. The predicted molar refractivity (Wildman–Crippen MR) is 133 cm³/mol. The number of aliphatic hydroxyl groups excluding tert-OH is 1. The average Bonchev–Trinajstić information content (AvgIpc) is 3.25. The van der Waals surface area contributed by atoms with Crippen LogP contribution in [-0.4, -0.2) is 60.5 Å². The molecule has 36 heavy (non-hydrogen) atoms. The van der Waals surface area contributed by atoms with Crippen LogP contribution in [0.3, 0.4) is 0 Å². The second kappa shape index (κ2) is 9.49. The van der Waals surface area contributed by atoms with Crippen molar-refractivity contribution in [2.45, 2.75) is 44.2 Å². The highest BCUT2D eigenvalue weighted by atomic mass is 32.3. The summed E-state index contributed by atoms with van der Waals surface area (Å²) >= 11 is 0. The van der Waals surface area contributed by atoms with E-state index >= 15 is 0 Å². The first-order valence-corrected chi connectivity index (χ1v) is 12.9. The van der Waals surface area contributed by atoms with E-state index in [4.69, 9.17) is 9.47 Å². The molecular weight excluding hydrogens is 491 g/mol. The van der Waals surface area contributed by atoms with Crippen LogP contribution in [0.5, 0.6) is 0 Å². The molecule has 0 saturated carbocycles. The fourth-order valence-corrected chi connectivity index (χ4v) is 6.14. The van der Waals surface area contributed by atoms with Gasteiger partial charge in [0.1, 0.15) is 18.0 Å². The Morgan fingerprint density at radius 1 is 1.14 bits per heavy atom. The van der Waals surface area contributed by atoms with Crippen LogP contribution < -0.4 is 0 Å². The van der Waals surface area contributed by atoms with Crippen LogP contribution in [0.25, 0.3) is 22.0 Å². The fourth-order valence-electron chi connectivity index (χ4n) is 4.30. The van der Waals surface area contributed by atoms with Crippen molar-refractivity contribution in [3.63, 3.8) is 0 Å². The summed E-state index contributed by atoms with van der Waals surface area (Å²) in [6, 6.07) is 8.05. The Kier molecular flexibility index (Phi) is 6.88. The molecule has 0 radical (unpaired) electrons. The van der Waals surface area contributed by atoms with E-state index in [1.807, 2.05) is 0 Å². The Labute approximate surface area is 209 Å². The van der Waals surface area contributed by atoms with Gasteiger partial charge in [0.05, 0.1) is 29.7 Å². The summed E-state index contributed by atoms with van der Waals surface area (Å²) in [7, 11) is -3.55. The molecule has 3 N–H and O–H groups in total. The van der Waals surface area contributed by atoms with Gasteiger partial charge in [-0.2, -0.15) is 4.31 Å². The number of fused-ring (bicyclic) bond motifs is 2. The molecule has 0 saturated heterocycles. The molecule has 0 bridgehead atoms. The molecule has 3 aromatic rings. The van der Waals surface area contributed by atoms with Crippen LogP contribution in [0, 0.1) is 5.82 Å². The normalized spacial score (nSPS) is 18.2. The molecule has 2 heterocycles. The van der Waals surface area contributed by atoms with Crippen LogP contribution >= 0.6 is 10.8 Å². The summed E-state index contributed by atoms with van der Waals surface area (Å²) in [5, 5.41) is 10.7. The minimum absolute atomic E-state index is 0.134. The number of hydrogen-bond acceptors (Lipinski definition) is 8. The SMILES string of the molecule is CCOC(=O)CN1C(CO)c2cc(-c3cn(C(=O)OC(C)(C)C)c4cc(F)ccc34)ccc2S1(O)O. The number of carbonyl (C=O) groups is 2. The van der Waals surface area contributed by atoms with Gasteiger partial charge >= 0.3 is 12.1 Å². The largest absolute Gasteiger partial charge is 0.465 e. The third-order valence-electron chi connectivity index (χ3n) is 5.77. The van der Waals surface area contributed by atoms with Crippen molar-refractivity contribution in [1.82, 2.24) is 8.87 Å². The first-order valence-electron chi connectivity index (χ1n) is 11.4. The molecule has 2 aromatic carbocycles. The van der Waals surface area contributed by atoms with E-state index in [1.54, 1.807) is 45.9 Å². The topological polar surface area (TPSA) is 121 Å². The van der Waals surface area contributed by atoms with E-state index in [1.165, 1.54) is 29.0 Å². The van der Waals surface area contributed by atoms with Crippen LogP contribution in [0.4, 0.5) is 9.18 Å². The molecule has 4 rings (SSSR count). The molecule has 0 spiro atoms. The van der Waals surface area contributed by atoms with Crippen LogP contribution in [0.15, 0.2) is 47.5 Å². The number of nitrogens with zero attached hydrogens (tertiary/aromatic N) is 2. The number of halogens is 1. The fraction of sp³-hybridized carbons (Fsp3) is 0.360. The summed E-state index contributed by atoms with van der Waals surface area (Å²) in [5.74, 6) is -1.17. The highest BCUT2D eigenvalue weighted by Gasteiger charge is 2.44. The molecule has 1 unspecified atom stereocenters. The molecule has 1 aromatic heterocycles. The van der Waals surface area contributed by atoms with Gasteiger partial charge < -0.3 is 14.6 Å². The first-order chi connectivity index (χ1) is 16.9. The lowest BCUT2D eigenvalue weighted by Crippen LogP contribution is -2.33. The van der Waals surface area contributed by atoms with E-state index in [-0.39, 0.29) is 11.5 Å². The van der Waals surface area contributed by atoms with Gasteiger partial charge in [0.15, 0.2) is 0 Å². The Morgan fingerprint density at radius 2 is 1.86 bits per heavy atom. The zero-order chi connectivity index (χ0) is 26.4. The van der Waals surface area contributed by atoms with Gasteiger partial charge in [-0.1, -0.05) is 6.07 Å². The Bertz CT molecular complexity index is 1330. The van der Waals surface area contributed by atoms with Gasteiger partial charge in [0.25, 0.3) is 0 Å². The van der Waals surface area contributed by atoms with Crippen molar-refractivity contribution in [2.75, 3.05) is 19.8 Å². The van der Waals surface area contributed by atoms with Crippen molar-refractivity contribution in [3.8, 4) is 11.1 Å². The Morgan fingerprint density at radius 3 is 2.50 bits per heavy atom. The lowest BCUT2D eigenvalue weighted by molar-refractivity contribution is -0.143. The maximum Gasteiger partial charge on any atom is 0.419 e. The highest BCUT2D eigenvalue weighted by Crippen LogP contribution is 2.63. The number of aliphatic hydroxyl groups is 1. The molecule has 0 fully saturated rings. The van der Waals surface area contributed by atoms with Crippen LogP contribution in [0.1, 0.15) is 39.3 Å². The predicted octanol–water partition coefficient (Wildman–Crippen LogP) is 5.17. The molecular formula is C25H29FN2O7S. The monoisotopic (exact) mass is 520 g/mol. The summed E-state index contributed by atoms with van der Waals surface area (Å²) < 4.78 is 48.7. The second-order valence-corrected chi connectivity index (χ2v) is 11.4. The number of hydrogen-bond donors (Lipinski definition) is 3. The second-order valence-electron chi connectivity index (χ2n) is 9.40. The molecule has 9 nitrogen and oxygen atoms in total. The van der Waals surface area contributed by atoms with E-state index in [9.17, 15) is 28.2 Å². The number of ether oxygens (including phenoxy) is 2. The quantitative estimate of drug-likeness (QED) is 0.394. The number of carbonyl (C=O) groups excluding carboxylic acids is 2. The van der Waals surface area contributed by atoms with Crippen molar-refractivity contribution in [1.29, 1.82) is 0 Å². The van der Waals surface area contributed by atoms with E-state index in [0.717, 1.165) is 4.31 Å².